The first-order chi connectivity index (χ1) is 6.49. The van der Waals surface area contributed by atoms with Gasteiger partial charge >= 0.3 is 5.97 Å². The van der Waals surface area contributed by atoms with Crippen molar-refractivity contribution in [2.45, 2.75) is 0 Å². The number of hydrogen-bond donors (Lipinski definition) is 2. The maximum atomic E-state index is 12.1. The topological polar surface area (TPSA) is 57.5 Å². The molecule has 0 radical (unpaired) electrons. The third-order valence-corrected chi connectivity index (χ3v) is 1.11. The van der Waals surface area contributed by atoms with E-state index in [0.29, 0.717) is 0 Å². The first-order valence-electron chi connectivity index (χ1n) is 3.47. The molecule has 0 atom stereocenters. The zero-order valence-corrected chi connectivity index (χ0v) is 7.08. The van der Waals surface area contributed by atoms with Crippen molar-refractivity contribution in [1.82, 2.24) is 0 Å². The van der Waals surface area contributed by atoms with E-state index >= 15 is 0 Å². The maximum absolute atomic E-state index is 12.1. The number of phenols is 1. The van der Waals surface area contributed by atoms with E-state index in [0.717, 1.165) is 18.2 Å². The molecule has 0 spiro atoms. The maximum Gasteiger partial charge on any atom is 0.327 e. The Morgan fingerprint density at radius 3 is 2.21 bits per heavy atom. The first kappa shape index (κ1) is 12.1. The van der Waals surface area contributed by atoms with E-state index in [2.05, 4.69) is 6.58 Å². The van der Waals surface area contributed by atoms with Gasteiger partial charge in [0.05, 0.1) is 0 Å². The minimum Gasteiger partial charge on any atom is -0.505 e. The average Bonchev–Trinajstić information content (AvgIpc) is 2.15. The number of carbonyl (C=O) groups is 1. The molecule has 0 bridgehead atoms. The number of halogens is 2. The molecule has 1 aromatic rings. The highest BCUT2D eigenvalue weighted by atomic mass is 19.2. The van der Waals surface area contributed by atoms with E-state index < -0.39 is 23.4 Å². The second-order valence-corrected chi connectivity index (χ2v) is 2.12. The van der Waals surface area contributed by atoms with Crippen molar-refractivity contribution in [3.63, 3.8) is 0 Å². The molecule has 1 aromatic carbocycles. The summed E-state index contributed by atoms with van der Waals surface area (Å²) in [6, 6.07) is 3.25. The Balaban J connectivity index is 0.000000292. The number of carboxylic acids is 1. The minimum atomic E-state index is -1.20. The number of benzene rings is 1. The Labute approximate surface area is 78.9 Å². The molecule has 0 saturated heterocycles. The molecule has 5 heteroatoms. The summed E-state index contributed by atoms with van der Waals surface area (Å²) < 4.78 is 24.2. The van der Waals surface area contributed by atoms with E-state index in [9.17, 15) is 13.6 Å². The Bertz CT molecular complexity index is 317. The van der Waals surface area contributed by atoms with E-state index in [1.165, 1.54) is 6.07 Å². The fourth-order valence-corrected chi connectivity index (χ4v) is 0.492. The smallest absolute Gasteiger partial charge is 0.327 e. The zero-order valence-electron chi connectivity index (χ0n) is 7.08. The largest absolute Gasteiger partial charge is 0.505 e. The minimum absolute atomic E-state index is 0.657. The fraction of sp³-hybridized carbons (Fsp3) is 0. The van der Waals surface area contributed by atoms with E-state index in [1.54, 1.807) is 0 Å². The SMILES string of the molecule is C=CC(=O)O.Oc1cccc(F)c1F. The van der Waals surface area contributed by atoms with Crippen molar-refractivity contribution in [2.75, 3.05) is 0 Å². The van der Waals surface area contributed by atoms with Crippen LogP contribution in [0.15, 0.2) is 30.9 Å². The Morgan fingerprint density at radius 2 is 1.93 bits per heavy atom. The lowest BCUT2D eigenvalue weighted by Crippen LogP contribution is -1.82. The molecule has 2 N–H and O–H groups in total. The summed E-state index contributed by atoms with van der Waals surface area (Å²) in [6.07, 6.45) is 0.833. The van der Waals surface area contributed by atoms with E-state index in [4.69, 9.17) is 10.2 Å². The molecular weight excluding hydrogens is 194 g/mol. The first-order valence-corrected chi connectivity index (χ1v) is 3.47. The summed E-state index contributed by atoms with van der Waals surface area (Å²) in [5, 5.41) is 16.1. The molecule has 0 aliphatic carbocycles. The molecule has 3 nitrogen and oxygen atoms in total. The van der Waals surface area contributed by atoms with Crippen LogP contribution in [0.2, 0.25) is 0 Å². The summed E-state index contributed by atoms with van der Waals surface area (Å²) >= 11 is 0. The highest BCUT2D eigenvalue weighted by molar-refractivity contribution is 5.78. The molecule has 0 saturated carbocycles. The highest BCUT2D eigenvalue weighted by Gasteiger charge is 2.03. The lowest BCUT2D eigenvalue weighted by molar-refractivity contribution is -0.131. The lowest BCUT2D eigenvalue weighted by Gasteiger charge is -1.92. The second-order valence-electron chi connectivity index (χ2n) is 2.12. The quantitative estimate of drug-likeness (QED) is 0.684. The normalized spacial score (nSPS) is 8.43. The molecule has 0 aliphatic heterocycles. The van der Waals surface area contributed by atoms with Gasteiger partial charge in [-0.2, -0.15) is 4.39 Å². The average molecular weight is 202 g/mol. The van der Waals surface area contributed by atoms with Gasteiger partial charge in [-0.05, 0) is 12.1 Å². The number of rotatable bonds is 1. The van der Waals surface area contributed by atoms with E-state index in [-0.39, 0.29) is 0 Å². The van der Waals surface area contributed by atoms with Crippen molar-refractivity contribution in [3.8, 4) is 5.75 Å². The molecule has 76 valence electrons. The summed E-state index contributed by atoms with van der Waals surface area (Å²) in [7, 11) is 0. The van der Waals surface area contributed by atoms with Crippen LogP contribution in [0.25, 0.3) is 0 Å². The van der Waals surface area contributed by atoms with Crippen molar-refractivity contribution in [3.05, 3.63) is 42.5 Å². The van der Waals surface area contributed by atoms with Gasteiger partial charge in [-0.3, -0.25) is 0 Å². The van der Waals surface area contributed by atoms with Gasteiger partial charge in [0.25, 0.3) is 0 Å². The van der Waals surface area contributed by atoms with Gasteiger partial charge in [-0.15, -0.1) is 0 Å². The van der Waals surface area contributed by atoms with Gasteiger partial charge in [0.15, 0.2) is 17.4 Å². The Morgan fingerprint density at radius 1 is 1.43 bits per heavy atom. The molecule has 0 aliphatic rings. The predicted octanol–water partition coefficient (Wildman–Crippen LogP) is 1.93. The van der Waals surface area contributed by atoms with Crippen molar-refractivity contribution < 1.29 is 23.8 Å². The van der Waals surface area contributed by atoms with Gasteiger partial charge in [0.2, 0.25) is 0 Å². The number of hydrogen-bond acceptors (Lipinski definition) is 2. The van der Waals surface area contributed by atoms with Gasteiger partial charge < -0.3 is 10.2 Å². The fourth-order valence-electron chi connectivity index (χ4n) is 0.492. The summed E-state index contributed by atoms with van der Waals surface area (Å²) in [6.45, 7) is 2.96. The molecule has 0 unspecified atom stereocenters. The van der Waals surface area contributed by atoms with Crippen LogP contribution < -0.4 is 0 Å². The second kappa shape index (κ2) is 5.69. The summed E-state index contributed by atoms with van der Waals surface area (Å²) in [5.74, 6) is -3.87. The number of aliphatic carboxylic acids is 1. The number of phenolic OH excluding ortho intramolecular Hbond substituents is 1. The molecule has 14 heavy (non-hydrogen) atoms. The Hall–Kier alpha value is -1.91. The van der Waals surface area contributed by atoms with Gasteiger partial charge in [0, 0.05) is 6.08 Å². The molecular formula is C9H8F2O3. The van der Waals surface area contributed by atoms with Crippen molar-refractivity contribution >= 4 is 5.97 Å². The van der Waals surface area contributed by atoms with Crippen LogP contribution in [0, 0.1) is 11.6 Å². The monoisotopic (exact) mass is 202 g/mol. The van der Waals surface area contributed by atoms with Crippen LogP contribution in [0.5, 0.6) is 5.75 Å². The third-order valence-electron chi connectivity index (χ3n) is 1.11. The van der Waals surface area contributed by atoms with Crippen LogP contribution in [0.3, 0.4) is 0 Å². The zero-order chi connectivity index (χ0) is 11.1. The van der Waals surface area contributed by atoms with Gasteiger partial charge in [-0.1, -0.05) is 12.6 Å². The third kappa shape index (κ3) is 4.20. The molecule has 0 heterocycles. The molecule has 0 amide bonds. The summed E-state index contributed by atoms with van der Waals surface area (Å²) in [5.41, 5.74) is 0. The van der Waals surface area contributed by atoms with Crippen LogP contribution in [0.1, 0.15) is 0 Å². The van der Waals surface area contributed by atoms with Crippen LogP contribution in [-0.2, 0) is 4.79 Å². The van der Waals surface area contributed by atoms with Crippen LogP contribution in [-0.4, -0.2) is 16.2 Å². The predicted molar refractivity (Wildman–Crippen MR) is 45.9 cm³/mol. The van der Waals surface area contributed by atoms with Gasteiger partial charge in [0.1, 0.15) is 0 Å². The molecule has 1 rings (SSSR count). The van der Waals surface area contributed by atoms with Crippen LogP contribution >= 0.6 is 0 Å². The van der Waals surface area contributed by atoms with Crippen LogP contribution in [0.4, 0.5) is 8.78 Å². The lowest BCUT2D eigenvalue weighted by atomic mass is 10.3. The standard InChI is InChI=1S/C6H4F2O.C3H4O2/c7-4-2-1-3-5(9)6(4)8;1-2-3(4)5/h1-3,9H;2H,1H2,(H,4,5). The number of aromatic hydroxyl groups is 1. The van der Waals surface area contributed by atoms with Crippen molar-refractivity contribution in [1.29, 1.82) is 0 Å². The molecule has 0 fully saturated rings. The van der Waals surface area contributed by atoms with E-state index in [1.807, 2.05) is 0 Å². The highest BCUT2D eigenvalue weighted by Crippen LogP contribution is 2.16. The molecule has 0 aromatic heterocycles. The summed E-state index contributed by atoms with van der Waals surface area (Å²) in [4.78, 5) is 9.25. The van der Waals surface area contributed by atoms with Gasteiger partial charge in [-0.25, -0.2) is 9.18 Å². The Kier molecular flexibility index (Phi) is 4.91. The number of carboxylic acid groups (broad SMARTS) is 1. The van der Waals surface area contributed by atoms with Crippen molar-refractivity contribution in [2.24, 2.45) is 0 Å².